The fraction of sp³-hybridized carbons (Fsp3) is 0.231. The normalized spacial score (nSPS) is 9.95. The highest BCUT2D eigenvalue weighted by Crippen LogP contribution is 2.25. The van der Waals surface area contributed by atoms with Crippen LogP contribution in [0.3, 0.4) is 0 Å². The summed E-state index contributed by atoms with van der Waals surface area (Å²) >= 11 is 1.20. The van der Waals surface area contributed by atoms with Crippen LogP contribution in [0.25, 0.3) is 0 Å². The molecular weight excluding hydrogens is 310 g/mol. The Hall–Kier alpha value is -2.68. The molecule has 8 nitrogen and oxygen atoms in total. The van der Waals surface area contributed by atoms with E-state index in [9.17, 15) is 9.59 Å². The first kappa shape index (κ1) is 15.7. The van der Waals surface area contributed by atoms with Crippen LogP contribution in [-0.4, -0.2) is 43.2 Å². The molecule has 2 aromatic heterocycles. The summed E-state index contributed by atoms with van der Waals surface area (Å²) in [7, 11) is 4.06. The summed E-state index contributed by atoms with van der Waals surface area (Å²) in [4.78, 5) is 31.7. The highest BCUT2D eigenvalue weighted by atomic mass is 32.1. The molecule has 116 valence electrons. The second-order valence-electron chi connectivity index (χ2n) is 3.89. The van der Waals surface area contributed by atoms with Gasteiger partial charge in [0.2, 0.25) is 5.88 Å². The molecule has 9 heteroatoms. The van der Waals surface area contributed by atoms with E-state index < -0.39 is 11.9 Å². The number of amides is 1. The molecule has 0 radical (unpaired) electrons. The number of hydrogen-bond donors (Lipinski definition) is 1. The Balaban J connectivity index is 2.26. The standard InChI is InChI=1S/C13H13N3O5S/c1-19-9-6-8(14-13(15-9)21-3)10(17)16-11-7(4-5-22-11)12(18)20-2/h4-6H,1-3H3,(H,16,17). The van der Waals surface area contributed by atoms with Crippen molar-refractivity contribution in [3.63, 3.8) is 0 Å². The van der Waals surface area contributed by atoms with E-state index in [1.165, 1.54) is 38.7 Å². The third-order valence-corrected chi connectivity index (χ3v) is 3.43. The monoisotopic (exact) mass is 323 g/mol. The van der Waals surface area contributed by atoms with E-state index >= 15 is 0 Å². The maximum Gasteiger partial charge on any atom is 0.340 e. The molecule has 0 unspecified atom stereocenters. The van der Waals surface area contributed by atoms with Gasteiger partial charge in [-0.2, -0.15) is 9.97 Å². The third-order valence-electron chi connectivity index (χ3n) is 2.60. The predicted octanol–water partition coefficient (Wildman–Crippen LogP) is 1.59. The van der Waals surface area contributed by atoms with Gasteiger partial charge in [-0.25, -0.2) is 4.79 Å². The number of aromatic nitrogens is 2. The summed E-state index contributed by atoms with van der Waals surface area (Å²) in [5.41, 5.74) is 0.321. The number of methoxy groups -OCH3 is 3. The molecule has 22 heavy (non-hydrogen) atoms. The smallest absolute Gasteiger partial charge is 0.340 e. The van der Waals surface area contributed by atoms with Crippen LogP contribution in [0.5, 0.6) is 11.9 Å². The van der Waals surface area contributed by atoms with Crippen molar-refractivity contribution in [3.05, 3.63) is 28.8 Å². The highest BCUT2D eigenvalue weighted by Gasteiger charge is 2.18. The number of rotatable bonds is 5. The number of ether oxygens (including phenoxy) is 3. The van der Waals surface area contributed by atoms with Crippen LogP contribution in [0, 0.1) is 0 Å². The van der Waals surface area contributed by atoms with Crippen LogP contribution < -0.4 is 14.8 Å². The topological polar surface area (TPSA) is 99.6 Å². The van der Waals surface area contributed by atoms with Gasteiger partial charge in [-0.1, -0.05) is 0 Å². The Morgan fingerprint density at radius 2 is 1.95 bits per heavy atom. The van der Waals surface area contributed by atoms with E-state index in [-0.39, 0.29) is 23.1 Å². The molecule has 0 aliphatic rings. The maximum atomic E-state index is 12.3. The molecule has 0 aliphatic carbocycles. The van der Waals surface area contributed by atoms with Crippen LogP contribution in [-0.2, 0) is 4.74 Å². The van der Waals surface area contributed by atoms with Crippen molar-refractivity contribution < 1.29 is 23.8 Å². The van der Waals surface area contributed by atoms with E-state index in [1.807, 2.05) is 0 Å². The first-order valence-electron chi connectivity index (χ1n) is 6.03. The average Bonchev–Trinajstić information content (AvgIpc) is 3.01. The van der Waals surface area contributed by atoms with E-state index in [2.05, 4.69) is 20.0 Å². The second-order valence-corrected chi connectivity index (χ2v) is 4.81. The van der Waals surface area contributed by atoms with E-state index in [0.29, 0.717) is 5.00 Å². The van der Waals surface area contributed by atoms with Gasteiger partial charge in [0, 0.05) is 6.07 Å². The molecule has 2 rings (SSSR count). The number of thiophene rings is 1. The van der Waals surface area contributed by atoms with Gasteiger partial charge in [-0.05, 0) is 11.4 Å². The zero-order valence-electron chi connectivity index (χ0n) is 12.1. The van der Waals surface area contributed by atoms with Crippen LogP contribution in [0.4, 0.5) is 5.00 Å². The summed E-state index contributed by atoms with van der Waals surface area (Å²) in [6, 6.07) is 2.93. The molecule has 0 atom stereocenters. The lowest BCUT2D eigenvalue weighted by atomic mass is 10.3. The minimum absolute atomic E-state index is 0.00358. The predicted molar refractivity (Wildman–Crippen MR) is 78.7 cm³/mol. The third kappa shape index (κ3) is 3.31. The number of hydrogen-bond acceptors (Lipinski definition) is 8. The largest absolute Gasteiger partial charge is 0.481 e. The first-order valence-corrected chi connectivity index (χ1v) is 6.91. The number of nitrogens with zero attached hydrogens (tertiary/aromatic N) is 2. The Kier molecular flexibility index (Phi) is 4.89. The molecule has 0 aromatic carbocycles. The van der Waals surface area contributed by atoms with E-state index in [0.717, 1.165) is 0 Å². The number of nitrogens with one attached hydrogen (secondary N) is 1. The fourth-order valence-corrected chi connectivity index (χ4v) is 2.33. The zero-order valence-corrected chi connectivity index (χ0v) is 12.9. The summed E-state index contributed by atoms with van der Waals surface area (Å²) in [5.74, 6) is -0.864. The van der Waals surface area contributed by atoms with Gasteiger partial charge in [-0.3, -0.25) is 4.79 Å². The average molecular weight is 323 g/mol. The van der Waals surface area contributed by atoms with Crippen LogP contribution in [0.1, 0.15) is 20.8 Å². The molecule has 2 heterocycles. The Bertz CT molecular complexity index is 678. The van der Waals surface area contributed by atoms with E-state index in [4.69, 9.17) is 9.47 Å². The summed E-state index contributed by atoms with van der Waals surface area (Å²) < 4.78 is 14.5. The van der Waals surface area contributed by atoms with Gasteiger partial charge in [0.25, 0.3) is 5.91 Å². The first-order chi connectivity index (χ1) is 10.6. The van der Waals surface area contributed by atoms with Crippen molar-refractivity contribution in [2.24, 2.45) is 0 Å². The molecule has 2 aromatic rings. The van der Waals surface area contributed by atoms with Crippen molar-refractivity contribution in [2.75, 3.05) is 26.6 Å². The molecule has 0 aliphatic heterocycles. The lowest BCUT2D eigenvalue weighted by Crippen LogP contribution is -2.16. The quantitative estimate of drug-likeness (QED) is 0.834. The minimum atomic E-state index is -0.533. The Morgan fingerprint density at radius 3 is 2.59 bits per heavy atom. The number of carbonyl (C=O) groups excluding carboxylic acids is 2. The Morgan fingerprint density at radius 1 is 1.18 bits per heavy atom. The Labute approximate surface area is 130 Å². The van der Waals surface area contributed by atoms with Crippen LogP contribution in [0.2, 0.25) is 0 Å². The molecular formula is C13H13N3O5S. The highest BCUT2D eigenvalue weighted by molar-refractivity contribution is 7.14. The van der Waals surface area contributed by atoms with Gasteiger partial charge < -0.3 is 19.5 Å². The molecule has 1 N–H and O–H groups in total. The van der Waals surface area contributed by atoms with Crippen LogP contribution >= 0.6 is 11.3 Å². The fourth-order valence-electron chi connectivity index (χ4n) is 1.56. The number of esters is 1. The molecule has 1 amide bonds. The van der Waals surface area contributed by atoms with Gasteiger partial charge in [0.1, 0.15) is 10.7 Å². The van der Waals surface area contributed by atoms with Crippen molar-refractivity contribution >= 4 is 28.2 Å². The molecule has 0 spiro atoms. The van der Waals surface area contributed by atoms with Gasteiger partial charge in [-0.15, -0.1) is 11.3 Å². The summed E-state index contributed by atoms with van der Waals surface area (Å²) in [5, 5.41) is 4.64. The maximum absolute atomic E-state index is 12.3. The lowest BCUT2D eigenvalue weighted by molar-refractivity contribution is 0.0602. The van der Waals surface area contributed by atoms with Crippen molar-refractivity contribution in [1.82, 2.24) is 9.97 Å². The minimum Gasteiger partial charge on any atom is -0.481 e. The number of carbonyl (C=O) groups is 2. The molecule has 0 fully saturated rings. The van der Waals surface area contributed by atoms with Gasteiger partial charge >= 0.3 is 12.0 Å². The molecule has 0 saturated heterocycles. The summed E-state index contributed by atoms with van der Waals surface area (Å²) in [6.07, 6.45) is 0. The molecule has 0 bridgehead atoms. The second kappa shape index (κ2) is 6.85. The molecule has 0 saturated carbocycles. The lowest BCUT2D eigenvalue weighted by Gasteiger charge is -2.07. The number of anilines is 1. The van der Waals surface area contributed by atoms with E-state index in [1.54, 1.807) is 11.4 Å². The van der Waals surface area contributed by atoms with Gasteiger partial charge in [0.05, 0.1) is 26.9 Å². The summed E-state index contributed by atoms with van der Waals surface area (Å²) in [6.45, 7) is 0. The SMILES string of the molecule is COC(=O)c1ccsc1NC(=O)c1cc(OC)nc(OC)n1. The van der Waals surface area contributed by atoms with Gasteiger partial charge in [0.15, 0.2) is 0 Å². The van der Waals surface area contributed by atoms with Crippen molar-refractivity contribution in [1.29, 1.82) is 0 Å². The van der Waals surface area contributed by atoms with Crippen LogP contribution in [0.15, 0.2) is 17.5 Å². The van der Waals surface area contributed by atoms with Crippen molar-refractivity contribution in [2.45, 2.75) is 0 Å². The zero-order chi connectivity index (χ0) is 16.1. The van der Waals surface area contributed by atoms with Crippen molar-refractivity contribution in [3.8, 4) is 11.9 Å².